The Bertz CT molecular complexity index is 355. The fourth-order valence-electron chi connectivity index (χ4n) is 2.44. The van der Waals surface area contributed by atoms with Crippen molar-refractivity contribution in [2.75, 3.05) is 11.5 Å². The summed E-state index contributed by atoms with van der Waals surface area (Å²) in [6.45, 7) is 6.82. The second-order valence-electron chi connectivity index (χ2n) is 5.98. The molecule has 2 heteroatoms. The molecule has 1 rings (SSSR count). The third-order valence-corrected chi connectivity index (χ3v) is 6.00. The van der Waals surface area contributed by atoms with Crippen molar-refractivity contribution >= 4 is 23.5 Å². The van der Waals surface area contributed by atoms with Crippen LogP contribution in [0.3, 0.4) is 0 Å². The fourth-order valence-corrected chi connectivity index (χ4v) is 4.57. The van der Waals surface area contributed by atoms with E-state index >= 15 is 0 Å². The van der Waals surface area contributed by atoms with Gasteiger partial charge in [0.15, 0.2) is 0 Å². The number of hydrogen-bond donors (Lipinski definition) is 0. The molecule has 0 heterocycles. The average Bonchev–Trinajstić information content (AvgIpc) is 2.54. The van der Waals surface area contributed by atoms with Gasteiger partial charge in [-0.2, -0.15) is 0 Å². The molecule has 0 amide bonds. The van der Waals surface area contributed by atoms with Crippen molar-refractivity contribution in [1.29, 1.82) is 0 Å². The average molecular weight is 339 g/mol. The van der Waals surface area contributed by atoms with E-state index in [4.69, 9.17) is 0 Å². The molecule has 0 radical (unpaired) electrons. The maximum absolute atomic E-state index is 2.41. The molecular weight excluding hydrogens is 304 g/mol. The molecule has 0 saturated carbocycles. The molecule has 22 heavy (non-hydrogen) atoms. The topological polar surface area (TPSA) is 0 Å². The number of rotatable bonds is 13. The van der Waals surface area contributed by atoms with Gasteiger partial charge in [-0.05, 0) is 54.5 Å². The Morgan fingerprint density at radius 3 is 1.55 bits per heavy atom. The van der Waals surface area contributed by atoms with E-state index in [0.717, 1.165) is 6.42 Å². The van der Waals surface area contributed by atoms with Gasteiger partial charge < -0.3 is 0 Å². The van der Waals surface area contributed by atoms with Crippen molar-refractivity contribution in [3.05, 3.63) is 23.8 Å². The molecule has 0 aromatic heterocycles. The SMILES string of the molecule is CCCCCCSc1cc(CC)cc(SCCCCCC)c1. The number of benzene rings is 1. The molecule has 0 aliphatic carbocycles. The van der Waals surface area contributed by atoms with Crippen LogP contribution in [0.1, 0.15) is 77.7 Å². The minimum Gasteiger partial charge on any atom is -0.126 e. The zero-order chi connectivity index (χ0) is 16.0. The summed E-state index contributed by atoms with van der Waals surface area (Å²) in [5.74, 6) is 2.54. The zero-order valence-corrected chi connectivity index (χ0v) is 16.5. The smallest absolute Gasteiger partial charge is 0.00858 e. The van der Waals surface area contributed by atoms with Crippen LogP contribution in [0, 0.1) is 0 Å². The number of unbranched alkanes of at least 4 members (excludes halogenated alkanes) is 6. The van der Waals surface area contributed by atoms with Crippen molar-refractivity contribution in [2.45, 2.75) is 88.3 Å². The lowest BCUT2D eigenvalue weighted by molar-refractivity contribution is 0.706. The summed E-state index contributed by atoms with van der Waals surface area (Å²) < 4.78 is 0. The maximum Gasteiger partial charge on any atom is 0.00858 e. The molecule has 1 aromatic rings. The highest BCUT2D eigenvalue weighted by molar-refractivity contribution is 8.00. The molecule has 0 aliphatic rings. The molecule has 0 aliphatic heterocycles. The fraction of sp³-hybridized carbons (Fsp3) is 0.700. The third-order valence-electron chi connectivity index (χ3n) is 3.88. The molecule has 0 bridgehead atoms. The van der Waals surface area contributed by atoms with Crippen LogP contribution < -0.4 is 0 Å². The quantitative estimate of drug-likeness (QED) is 0.268. The van der Waals surface area contributed by atoms with Gasteiger partial charge in [0, 0.05) is 9.79 Å². The summed E-state index contributed by atoms with van der Waals surface area (Å²) in [6, 6.07) is 7.20. The molecular formula is C20H34S2. The standard InChI is InChI=1S/C20H34S2/c1-4-7-9-11-13-21-19-15-18(6-3)16-20(17-19)22-14-12-10-8-5-2/h15-17H,4-14H2,1-3H3. The molecule has 0 nitrogen and oxygen atoms in total. The van der Waals surface area contributed by atoms with Crippen molar-refractivity contribution < 1.29 is 0 Å². The molecule has 0 N–H and O–H groups in total. The van der Waals surface area contributed by atoms with Crippen LogP contribution in [0.5, 0.6) is 0 Å². The summed E-state index contributed by atoms with van der Waals surface area (Å²) in [5, 5.41) is 0. The Morgan fingerprint density at radius 2 is 1.14 bits per heavy atom. The summed E-state index contributed by atoms with van der Waals surface area (Å²) in [7, 11) is 0. The van der Waals surface area contributed by atoms with E-state index in [1.807, 2.05) is 23.5 Å². The highest BCUT2D eigenvalue weighted by atomic mass is 32.2. The summed E-state index contributed by atoms with van der Waals surface area (Å²) in [5.41, 5.74) is 1.50. The van der Waals surface area contributed by atoms with Gasteiger partial charge in [0.2, 0.25) is 0 Å². The van der Waals surface area contributed by atoms with Crippen molar-refractivity contribution in [1.82, 2.24) is 0 Å². The van der Waals surface area contributed by atoms with Crippen LogP contribution in [-0.4, -0.2) is 11.5 Å². The van der Waals surface area contributed by atoms with Gasteiger partial charge in [0.05, 0.1) is 0 Å². The predicted molar refractivity (Wildman–Crippen MR) is 106 cm³/mol. The molecule has 0 unspecified atom stereocenters. The lowest BCUT2D eigenvalue weighted by Gasteiger charge is -2.09. The van der Waals surface area contributed by atoms with E-state index in [1.165, 1.54) is 78.2 Å². The first-order valence-corrected chi connectivity index (χ1v) is 11.2. The third kappa shape index (κ3) is 9.15. The van der Waals surface area contributed by atoms with Crippen LogP contribution >= 0.6 is 23.5 Å². The normalized spacial score (nSPS) is 11.0. The van der Waals surface area contributed by atoms with Crippen molar-refractivity contribution in [3.63, 3.8) is 0 Å². The van der Waals surface area contributed by atoms with Crippen LogP contribution in [0.2, 0.25) is 0 Å². The van der Waals surface area contributed by atoms with Gasteiger partial charge in [-0.1, -0.05) is 59.3 Å². The number of thioether (sulfide) groups is 2. The molecule has 0 spiro atoms. The molecule has 0 atom stereocenters. The first kappa shape index (κ1) is 20.0. The Balaban J connectivity index is 2.42. The van der Waals surface area contributed by atoms with Crippen molar-refractivity contribution in [3.8, 4) is 0 Å². The van der Waals surface area contributed by atoms with E-state index in [2.05, 4.69) is 39.0 Å². The van der Waals surface area contributed by atoms with Gasteiger partial charge in [-0.25, -0.2) is 0 Å². The summed E-state index contributed by atoms with van der Waals surface area (Å²) in [4.78, 5) is 2.96. The summed E-state index contributed by atoms with van der Waals surface area (Å²) in [6.07, 6.45) is 12.1. The Labute approximate surface area is 147 Å². The number of aryl methyl sites for hydroxylation is 1. The van der Waals surface area contributed by atoms with E-state index in [-0.39, 0.29) is 0 Å². The molecule has 0 fully saturated rings. The minimum absolute atomic E-state index is 1.15. The monoisotopic (exact) mass is 338 g/mol. The van der Waals surface area contributed by atoms with Crippen LogP contribution in [-0.2, 0) is 6.42 Å². The number of hydrogen-bond acceptors (Lipinski definition) is 2. The van der Waals surface area contributed by atoms with Gasteiger partial charge >= 0.3 is 0 Å². The second-order valence-corrected chi connectivity index (χ2v) is 8.32. The van der Waals surface area contributed by atoms with Crippen LogP contribution in [0.4, 0.5) is 0 Å². The van der Waals surface area contributed by atoms with Gasteiger partial charge in [0.1, 0.15) is 0 Å². The van der Waals surface area contributed by atoms with E-state index in [9.17, 15) is 0 Å². The zero-order valence-electron chi connectivity index (χ0n) is 14.8. The first-order chi connectivity index (χ1) is 10.8. The van der Waals surface area contributed by atoms with Gasteiger partial charge in [-0.3, -0.25) is 0 Å². The first-order valence-electron chi connectivity index (χ1n) is 9.19. The van der Waals surface area contributed by atoms with Crippen LogP contribution in [0.15, 0.2) is 28.0 Å². The van der Waals surface area contributed by atoms with E-state index < -0.39 is 0 Å². The Kier molecular flexibility index (Phi) is 12.1. The minimum atomic E-state index is 1.15. The van der Waals surface area contributed by atoms with Gasteiger partial charge in [-0.15, -0.1) is 23.5 Å². The highest BCUT2D eigenvalue weighted by Crippen LogP contribution is 2.29. The second kappa shape index (κ2) is 13.4. The van der Waals surface area contributed by atoms with E-state index in [0.29, 0.717) is 0 Å². The maximum atomic E-state index is 2.41. The molecule has 1 aromatic carbocycles. The Hall–Kier alpha value is -0.0800. The molecule has 0 saturated heterocycles. The van der Waals surface area contributed by atoms with Crippen molar-refractivity contribution in [2.24, 2.45) is 0 Å². The van der Waals surface area contributed by atoms with Crippen LogP contribution in [0.25, 0.3) is 0 Å². The lowest BCUT2D eigenvalue weighted by Crippen LogP contribution is -1.88. The van der Waals surface area contributed by atoms with Gasteiger partial charge in [0.25, 0.3) is 0 Å². The highest BCUT2D eigenvalue weighted by Gasteiger charge is 2.02. The largest absolute Gasteiger partial charge is 0.126 e. The summed E-state index contributed by atoms with van der Waals surface area (Å²) >= 11 is 4.10. The lowest BCUT2D eigenvalue weighted by atomic mass is 10.2. The van der Waals surface area contributed by atoms with E-state index in [1.54, 1.807) is 0 Å². The predicted octanol–water partition coefficient (Wildman–Crippen LogP) is 7.59. The molecule has 126 valence electrons. The Morgan fingerprint density at radius 1 is 0.636 bits per heavy atom.